The van der Waals surface area contributed by atoms with Gasteiger partial charge in [0.05, 0.1) is 17.8 Å². The zero-order chi connectivity index (χ0) is 18.4. The number of aromatic nitrogens is 1. The van der Waals surface area contributed by atoms with Crippen LogP contribution in [0.4, 0.5) is 5.69 Å². The van der Waals surface area contributed by atoms with Crippen LogP contribution in [0.15, 0.2) is 63.1 Å². The van der Waals surface area contributed by atoms with Gasteiger partial charge in [-0.05, 0) is 30.9 Å². The molecule has 0 saturated heterocycles. The topological polar surface area (TPSA) is 42.0 Å². The number of thioether (sulfide) groups is 2. The number of carbonyl (C=O) groups excluding carboxylic acids is 1. The molecular formula is C20H20N2OS3. The lowest BCUT2D eigenvalue weighted by molar-refractivity contribution is -0.115. The summed E-state index contributed by atoms with van der Waals surface area (Å²) >= 11 is 4.93. The van der Waals surface area contributed by atoms with Crippen LogP contribution < -0.4 is 5.32 Å². The maximum absolute atomic E-state index is 12.3. The molecular weight excluding hydrogens is 380 g/mol. The van der Waals surface area contributed by atoms with Gasteiger partial charge in [-0.2, -0.15) is 0 Å². The van der Waals surface area contributed by atoms with Crippen LogP contribution >= 0.6 is 34.9 Å². The minimum Gasteiger partial charge on any atom is -0.325 e. The van der Waals surface area contributed by atoms with E-state index in [2.05, 4.69) is 41.5 Å². The number of thiazole rings is 1. The molecule has 1 heterocycles. The summed E-state index contributed by atoms with van der Waals surface area (Å²) in [6, 6.07) is 16.4. The van der Waals surface area contributed by atoms with Gasteiger partial charge in [-0.1, -0.05) is 53.7 Å². The summed E-state index contributed by atoms with van der Waals surface area (Å²) in [6.45, 7) is 2.09. The summed E-state index contributed by atoms with van der Waals surface area (Å²) in [5.41, 5.74) is 4.22. The van der Waals surface area contributed by atoms with Crippen LogP contribution in [0.5, 0.6) is 0 Å². The molecule has 0 atom stereocenters. The standard InChI is InChI=1S/C20H20N2OS3/c1-14-7-9-15(10-8-14)12-25-20-21-16(13-26-20)11-19(23)22-17-5-3-4-6-18(17)24-2/h3-10,13H,11-12H2,1-2H3,(H,22,23). The van der Waals surface area contributed by atoms with E-state index in [9.17, 15) is 4.79 Å². The molecule has 0 fully saturated rings. The number of benzene rings is 2. The predicted octanol–water partition coefficient (Wildman–Crippen LogP) is 5.65. The van der Waals surface area contributed by atoms with Crippen molar-refractivity contribution in [3.63, 3.8) is 0 Å². The maximum atomic E-state index is 12.3. The fraction of sp³-hybridized carbons (Fsp3) is 0.200. The van der Waals surface area contributed by atoms with E-state index < -0.39 is 0 Å². The Bertz CT molecular complexity index is 875. The van der Waals surface area contributed by atoms with E-state index in [1.165, 1.54) is 11.1 Å². The largest absolute Gasteiger partial charge is 0.325 e. The number of para-hydroxylation sites is 1. The van der Waals surface area contributed by atoms with Crippen molar-refractivity contribution in [1.29, 1.82) is 0 Å². The zero-order valence-corrected chi connectivity index (χ0v) is 17.1. The summed E-state index contributed by atoms with van der Waals surface area (Å²) in [5, 5.41) is 4.95. The number of nitrogens with zero attached hydrogens (tertiary/aromatic N) is 1. The van der Waals surface area contributed by atoms with Crippen LogP contribution in [0.1, 0.15) is 16.8 Å². The molecule has 0 spiro atoms. The molecule has 1 amide bonds. The summed E-state index contributed by atoms with van der Waals surface area (Å²) in [4.78, 5) is 18.0. The highest BCUT2D eigenvalue weighted by Gasteiger charge is 2.10. The molecule has 0 aliphatic heterocycles. The number of rotatable bonds is 7. The van der Waals surface area contributed by atoms with E-state index in [1.807, 2.05) is 35.9 Å². The van der Waals surface area contributed by atoms with Crippen molar-refractivity contribution >= 4 is 46.5 Å². The third kappa shape index (κ3) is 5.37. The van der Waals surface area contributed by atoms with Gasteiger partial charge in [-0.3, -0.25) is 4.79 Å². The average Bonchev–Trinajstić information content (AvgIpc) is 3.09. The molecule has 0 aliphatic carbocycles. The molecule has 1 N–H and O–H groups in total. The van der Waals surface area contributed by atoms with Gasteiger partial charge in [0.2, 0.25) is 5.91 Å². The van der Waals surface area contributed by atoms with Crippen LogP contribution in [-0.4, -0.2) is 17.1 Å². The van der Waals surface area contributed by atoms with Crippen LogP contribution in [0.25, 0.3) is 0 Å². The lowest BCUT2D eigenvalue weighted by Crippen LogP contribution is -2.15. The highest BCUT2D eigenvalue weighted by Crippen LogP contribution is 2.27. The van der Waals surface area contributed by atoms with Gasteiger partial charge in [-0.25, -0.2) is 4.98 Å². The van der Waals surface area contributed by atoms with E-state index in [-0.39, 0.29) is 5.91 Å². The first-order valence-corrected chi connectivity index (χ1v) is 11.3. The van der Waals surface area contributed by atoms with Crippen molar-refractivity contribution in [2.75, 3.05) is 11.6 Å². The number of hydrogen-bond donors (Lipinski definition) is 1. The SMILES string of the molecule is CSc1ccccc1NC(=O)Cc1csc(SCc2ccc(C)cc2)n1. The van der Waals surface area contributed by atoms with Crippen LogP contribution in [0.2, 0.25) is 0 Å². The first-order chi connectivity index (χ1) is 12.6. The lowest BCUT2D eigenvalue weighted by Gasteiger charge is -2.08. The Morgan fingerprint density at radius 3 is 2.69 bits per heavy atom. The minimum absolute atomic E-state index is 0.0353. The van der Waals surface area contributed by atoms with Crippen molar-refractivity contribution < 1.29 is 4.79 Å². The minimum atomic E-state index is -0.0353. The molecule has 0 saturated carbocycles. The zero-order valence-electron chi connectivity index (χ0n) is 14.7. The molecule has 0 unspecified atom stereocenters. The second kappa shape index (κ2) is 9.26. The molecule has 2 aromatic carbocycles. The summed E-state index contributed by atoms with van der Waals surface area (Å²) in [7, 11) is 0. The van der Waals surface area contributed by atoms with Gasteiger partial charge in [0.1, 0.15) is 4.34 Å². The van der Waals surface area contributed by atoms with Crippen molar-refractivity contribution in [1.82, 2.24) is 4.98 Å². The van der Waals surface area contributed by atoms with Gasteiger partial charge in [0.15, 0.2) is 0 Å². The molecule has 3 aromatic rings. The normalized spacial score (nSPS) is 10.7. The smallest absolute Gasteiger partial charge is 0.230 e. The molecule has 3 nitrogen and oxygen atoms in total. The van der Waals surface area contributed by atoms with Crippen molar-refractivity contribution in [3.8, 4) is 0 Å². The molecule has 6 heteroatoms. The Morgan fingerprint density at radius 1 is 1.15 bits per heavy atom. The first-order valence-electron chi connectivity index (χ1n) is 8.19. The molecule has 134 valence electrons. The fourth-order valence-electron chi connectivity index (χ4n) is 2.37. The Kier molecular flexibility index (Phi) is 6.77. The van der Waals surface area contributed by atoms with Gasteiger partial charge in [0, 0.05) is 16.0 Å². The van der Waals surface area contributed by atoms with Crippen molar-refractivity contribution in [2.24, 2.45) is 0 Å². The van der Waals surface area contributed by atoms with Gasteiger partial charge < -0.3 is 5.32 Å². The average molecular weight is 401 g/mol. The Morgan fingerprint density at radius 2 is 1.92 bits per heavy atom. The van der Waals surface area contributed by atoms with E-state index in [1.54, 1.807) is 34.9 Å². The number of anilines is 1. The third-order valence-electron chi connectivity index (χ3n) is 3.74. The fourth-order valence-corrected chi connectivity index (χ4v) is 4.73. The second-order valence-corrected chi connectivity index (χ2v) is 8.73. The molecule has 3 rings (SSSR count). The number of amides is 1. The molecule has 1 aromatic heterocycles. The van der Waals surface area contributed by atoms with Crippen LogP contribution in [-0.2, 0) is 17.0 Å². The van der Waals surface area contributed by atoms with Crippen molar-refractivity contribution in [2.45, 2.75) is 28.3 Å². The Hall–Kier alpha value is -1.76. The summed E-state index contributed by atoms with van der Waals surface area (Å²) in [5.74, 6) is 0.854. The van der Waals surface area contributed by atoms with E-state index >= 15 is 0 Å². The second-order valence-electron chi connectivity index (χ2n) is 5.80. The van der Waals surface area contributed by atoms with Crippen LogP contribution in [0, 0.1) is 6.92 Å². The number of nitrogens with one attached hydrogen (secondary N) is 1. The molecule has 0 bridgehead atoms. The summed E-state index contributed by atoms with van der Waals surface area (Å²) < 4.78 is 0.998. The Labute approximate surface area is 166 Å². The highest BCUT2D eigenvalue weighted by molar-refractivity contribution is 8.00. The van der Waals surface area contributed by atoms with E-state index in [0.717, 1.165) is 26.4 Å². The molecule has 26 heavy (non-hydrogen) atoms. The van der Waals surface area contributed by atoms with Gasteiger partial charge in [0.25, 0.3) is 0 Å². The predicted molar refractivity (Wildman–Crippen MR) is 113 cm³/mol. The third-order valence-corrected chi connectivity index (χ3v) is 6.67. The highest BCUT2D eigenvalue weighted by atomic mass is 32.2. The van der Waals surface area contributed by atoms with Gasteiger partial charge in [-0.15, -0.1) is 23.1 Å². The van der Waals surface area contributed by atoms with Crippen molar-refractivity contribution in [3.05, 3.63) is 70.7 Å². The summed E-state index contributed by atoms with van der Waals surface area (Å²) in [6.07, 6.45) is 2.30. The molecule has 0 radical (unpaired) electrons. The number of aryl methyl sites for hydroxylation is 1. The van der Waals surface area contributed by atoms with E-state index in [0.29, 0.717) is 6.42 Å². The lowest BCUT2D eigenvalue weighted by atomic mass is 10.2. The first kappa shape index (κ1) is 19.0. The van der Waals surface area contributed by atoms with Gasteiger partial charge >= 0.3 is 0 Å². The maximum Gasteiger partial charge on any atom is 0.230 e. The van der Waals surface area contributed by atoms with Crippen LogP contribution in [0.3, 0.4) is 0 Å². The quantitative estimate of drug-likeness (QED) is 0.521. The van der Waals surface area contributed by atoms with E-state index in [4.69, 9.17) is 0 Å². The Balaban J connectivity index is 1.54. The number of carbonyl (C=O) groups is 1. The molecule has 0 aliphatic rings. The number of hydrogen-bond acceptors (Lipinski definition) is 5. The monoisotopic (exact) mass is 400 g/mol.